The molecule has 2 aromatic rings. The number of amides is 1. The lowest BCUT2D eigenvalue weighted by Crippen LogP contribution is -2.44. The summed E-state index contributed by atoms with van der Waals surface area (Å²) in [5.41, 5.74) is 3.59. The van der Waals surface area contributed by atoms with Crippen molar-refractivity contribution in [1.29, 1.82) is 0 Å². The van der Waals surface area contributed by atoms with Crippen molar-refractivity contribution < 1.29 is 22.3 Å². The fourth-order valence-electron chi connectivity index (χ4n) is 3.80. The number of hydrogen-bond donors (Lipinski definition) is 2. The Hall–Kier alpha value is -2.45. The summed E-state index contributed by atoms with van der Waals surface area (Å²) in [7, 11) is -2.15. The van der Waals surface area contributed by atoms with Crippen molar-refractivity contribution in [2.24, 2.45) is 5.92 Å². The molecular weight excluding hydrogens is 407 g/mol. The van der Waals surface area contributed by atoms with Gasteiger partial charge < -0.3 is 4.74 Å². The van der Waals surface area contributed by atoms with E-state index in [2.05, 4.69) is 10.3 Å². The van der Waals surface area contributed by atoms with Gasteiger partial charge in [-0.3, -0.25) is 10.2 Å². The van der Waals surface area contributed by atoms with Crippen LogP contribution in [-0.2, 0) is 10.0 Å². The van der Waals surface area contributed by atoms with Gasteiger partial charge >= 0.3 is 0 Å². The van der Waals surface area contributed by atoms with Crippen molar-refractivity contribution in [3.8, 4) is 16.9 Å². The van der Waals surface area contributed by atoms with E-state index in [0.29, 0.717) is 11.3 Å². The average molecular weight is 435 g/mol. The predicted molar refractivity (Wildman–Crippen MR) is 114 cm³/mol. The Morgan fingerprint density at radius 2 is 1.87 bits per heavy atom. The molecule has 30 heavy (non-hydrogen) atoms. The molecular formula is C22H27FN2O4S. The van der Waals surface area contributed by atoms with Crippen LogP contribution in [0, 0.1) is 18.7 Å². The highest BCUT2D eigenvalue weighted by Crippen LogP contribution is 2.28. The summed E-state index contributed by atoms with van der Waals surface area (Å²) in [6, 6.07) is 10.2. The summed E-state index contributed by atoms with van der Waals surface area (Å²) >= 11 is 0. The van der Waals surface area contributed by atoms with E-state index in [-0.39, 0.29) is 22.8 Å². The highest BCUT2D eigenvalue weighted by atomic mass is 32.2. The summed E-state index contributed by atoms with van der Waals surface area (Å²) in [4.78, 5) is 14.7. The molecule has 3 rings (SSSR count). The molecule has 0 aromatic heterocycles. The van der Waals surface area contributed by atoms with Crippen LogP contribution >= 0.6 is 0 Å². The molecule has 2 aromatic carbocycles. The van der Waals surface area contributed by atoms with E-state index in [1.165, 1.54) is 6.07 Å². The fraction of sp³-hybridized carbons (Fsp3) is 0.409. The van der Waals surface area contributed by atoms with E-state index < -0.39 is 21.7 Å². The molecule has 162 valence electrons. The van der Waals surface area contributed by atoms with Crippen molar-refractivity contribution in [3.63, 3.8) is 0 Å². The number of nitrogens with one attached hydrogen (secondary N) is 2. The van der Waals surface area contributed by atoms with Crippen molar-refractivity contribution in [2.45, 2.75) is 39.0 Å². The Morgan fingerprint density at radius 1 is 1.13 bits per heavy atom. The number of rotatable bonds is 7. The van der Waals surface area contributed by atoms with Gasteiger partial charge in [0, 0.05) is 0 Å². The number of halogens is 1. The van der Waals surface area contributed by atoms with Crippen LogP contribution in [0.2, 0.25) is 0 Å². The molecule has 2 N–H and O–H groups in total. The second kappa shape index (κ2) is 9.57. The molecule has 0 heterocycles. The number of methoxy groups -OCH3 is 1. The molecule has 1 fully saturated rings. The first kappa shape index (κ1) is 22.2. The minimum atomic E-state index is -3.70. The quantitative estimate of drug-likeness (QED) is 0.646. The minimum absolute atomic E-state index is 0.0430. The second-order valence-electron chi connectivity index (χ2n) is 7.73. The third-order valence-electron chi connectivity index (χ3n) is 5.40. The van der Waals surface area contributed by atoms with Crippen LogP contribution < -0.4 is 15.0 Å². The Kier molecular flexibility index (Phi) is 7.10. The maximum absolute atomic E-state index is 14.6. The summed E-state index contributed by atoms with van der Waals surface area (Å²) in [5, 5.41) is 0. The lowest BCUT2D eigenvalue weighted by molar-refractivity contribution is 0.0940. The Morgan fingerprint density at radius 3 is 2.57 bits per heavy atom. The summed E-state index contributed by atoms with van der Waals surface area (Å²) in [6.07, 6.45) is 4.90. The molecule has 0 bridgehead atoms. The third-order valence-corrected chi connectivity index (χ3v) is 6.73. The van der Waals surface area contributed by atoms with Gasteiger partial charge in [-0.1, -0.05) is 31.4 Å². The molecule has 1 saturated carbocycles. The zero-order valence-corrected chi connectivity index (χ0v) is 18.0. The molecule has 0 spiro atoms. The maximum Gasteiger partial charge on any atom is 0.269 e. The van der Waals surface area contributed by atoms with Crippen LogP contribution in [0.1, 0.15) is 48.0 Å². The Labute approximate surface area is 176 Å². The number of sulfonamides is 1. The molecule has 0 radical (unpaired) electrons. The summed E-state index contributed by atoms with van der Waals surface area (Å²) < 4.78 is 44.5. The van der Waals surface area contributed by atoms with E-state index in [0.717, 1.165) is 37.7 Å². The van der Waals surface area contributed by atoms with Crippen molar-refractivity contribution in [3.05, 3.63) is 53.3 Å². The van der Waals surface area contributed by atoms with Crippen LogP contribution in [0.25, 0.3) is 11.1 Å². The first-order valence-corrected chi connectivity index (χ1v) is 11.7. The van der Waals surface area contributed by atoms with E-state index in [4.69, 9.17) is 4.74 Å². The summed E-state index contributed by atoms with van der Waals surface area (Å²) in [5.74, 6) is -0.851. The number of hydrazine groups is 1. The van der Waals surface area contributed by atoms with Gasteiger partial charge in [0.2, 0.25) is 10.0 Å². The zero-order chi connectivity index (χ0) is 21.7. The molecule has 0 atom stereocenters. The fourth-order valence-corrected chi connectivity index (χ4v) is 5.09. The van der Waals surface area contributed by atoms with Crippen LogP contribution in [0.5, 0.6) is 5.75 Å². The highest BCUT2D eigenvalue weighted by Gasteiger charge is 2.23. The molecule has 0 unspecified atom stereocenters. The number of hydrogen-bond acceptors (Lipinski definition) is 4. The van der Waals surface area contributed by atoms with Gasteiger partial charge in [-0.2, -0.15) is 0 Å². The number of aryl methyl sites for hydroxylation is 1. The second-order valence-corrected chi connectivity index (χ2v) is 9.50. The van der Waals surface area contributed by atoms with Crippen LogP contribution in [0.15, 0.2) is 36.4 Å². The Balaban J connectivity index is 1.75. The molecule has 1 aliphatic carbocycles. The van der Waals surface area contributed by atoms with Gasteiger partial charge in [0.05, 0.1) is 18.4 Å². The maximum atomic E-state index is 14.6. The molecule has 1 aliphatic rings. The Bertz CT molecular complexity index is 1020. The normalized spacial score (nSPS) is 15.0. The smallest absolute Gasteiger partial charge is 0.269 e. The van der Waals surface area contributed by atoms with Crippen LogP contribution in [0.4, 0.5) is 4.39 Å². The van der Waals surface area contributed by atoms with Gasteiger partial charge in [-0.25, -0.2) is 12.8 Å². The van der Waals surface area contributed by atoms with Crippen molar-refractivity contribution >= 4 is 15.9 Å². The van der Waals surface area contributed by atoms with E-state index in [9.17, 15) is 17.6 Å². The molecule has 0 saturated heterocycles. The standard InChI is InChI=1S/C22H27FN2O4S/c1-15-11-18(17-9-6-10-19(12-17)29-2)13-20(21(15)23)22(26)24-25-30(27,28)14-16-7-4-3-5-8-16/h6,9-13,16,25H,3-5,7-8,14H2,1-2H3,(H,24,26). The number of ether oxygens (including phenoxy) is 1. The first-order valence-electron chi connectivity index (χ1n) is 10.0. The summed E-state index contributed by atoms with van der Waals surface area (Å²) in [6.45, 7) is 1.56. The van der Waals surface area contributed by atoms with Gasteiger partial charge in [0.25, 0.3) is 5.91 Å². The number of carbonyl (C=O) groups excluding carboxylic acids is 1. The first-order chi connectivity index (χ1) is 14.3. The molecule has 1 amide bonds. The SMILES string of the molecule is COc1cccc(-c2cc(C)c(F)c(C(=O)NNS(=O)(=O)CC3CCCCC3)c2)c1. The number of benzene rings is 2. The van der Waals surface area contributed by atoms with E-state index in [1.807, 2.05) is 6.07 Å². The monoisotopic (exact) mass is 434 g/mol. The lowest BCUT2D eigenvalue weighted by Gasteiger charge is -2.21. The molecule has 0 aliphatic heterocycles. The van der Waals surface area contributed by atoms with Gasteiger partial charge in [0.1, 0.15) is 11.6 Å². The minimum Gasteiger partial charge on any atom is -0.497 e. The largest absolute Gasteiger partial charge is 0.497 e. The van der Waals surface area contributed by atoms with Crippen LogP contribution in [0.3, 0.4) is 0 Å². The molecule has 8 heteroatoms. The molecule has 6 nitrogen and oxygen atoms in total. The highest BCUT2D eigenvalue weighted by molar-refractivity contribution is 7.89. The van der Waals surface area contributed by atoms with Gasteiger partial charge in [0.15, 0.2) is 0 Å². The van der Waals surface area contributed by atoms with E-state index in [1.54, 1.807) is 38.3 Å². The lowest BCUT2D eigenvalue weighted by atomic mass is 9.91. The van der Waals surface area contributed by atoms with Crippen molar-refractivity contribution in [2.75, 3.05) is 12.9 Å². The van der Waals surface area contributed by atoms with Gasteiger partial charge in [-0.15, -0.1) is 4.83 Å². The van der Waals surface area contributed by atoms with Gasteiger partial charge in [-0.05, 0) is 66.6 Å². The average Bonchev–Trinajstić information content (AvgIpc) is 2.74. The zero-order valence-electron chi connectivity index (χ0n) is 17.2. The predicted octanol–water partition coefficient (Wildman–Crippen LogP) is 3.95. The van der Waals surface area contributed by atoms with Crippen molar-refractivity contribution in [1.82, 2.24) is 10.3 Å². The topological polar surface area (TPSA) is 84.5 Å². The third kappa shape index (κ3) is 5.58. The van der Waals surface area contributed by atoms with Crippen LogP contribution in [-0.4, -0.2) is 27.2 Å². The van der Waals surface area contributed by atoms with E-state index >= 15 is 0 Å². The number of carbonyl (C=O) groups is 1.